The van der Waals surface area contributed by atoms with Gasteiger partial charge in [-0.25, -0.2) is 4.98 Å². The summed E-state index contributed by atoms with van der Waals surface area (Å²) in [6.07, 6.45) is 4.01. The summed E-state index contributed by atoms with van der Waals surface area (Å²) in [7, 11) is 4.06. The molecule has 0 radical (unpaired) electrons. The number of hydrogen-bond acceptors (Lipinski definition) is 2. The number of benzene rings is 2. The fourth-order valence-corrected chi connectivity index (χ4v) is 2.31. The van der Waals surface area contributed by atoms with Gasteiger partial charge in [-0.3, -0.25) is 0 Å². The van der Waals surface area contributed by atoms with Gasteiger partial charge in [0.05, 0.1) is 11.0 Å². The molecule has 0 spiro atoms. The van der Waals surface area contributed by atoms with Gasteiger partial charge in [0, 0.05) is 24.8 Å². The number of aromatic nitrogens is 2. The van der Waals surface area contributed by atoms with Gasteiger partial charge in [-0.05, 0) is 42.0 Å². The van der Waals surface area contributed by atoms with Crippen molar-refractivity contribution in [3.8, 4) is 0 Å². The van der Waals surface area contributed by atoms with E-state index in [1.165, 1.54) is 5.69 Å². The first-order chi connectivity index (χ1) is 10.1. The van der Waals surface area contributed by atoms with Crippen LogP contribution in [0, 0.1) is 0 Å². The molecule has 0 bridgehead atoms. The van der Waals surface area contributed by atoms with Gasteiger partial charge in [0.15, 0.2) is 0 Å². The van der Waals surface area contributed by atoms with Crippen LogP contribution < -0.4 is 4.90 Å². The minimum atomic E-state index is 0.709. The Bertz CT molecular complexity index is 785. The summed E-state index contributed by atoms with van der Waals surface area (Å²) < 4.78 is 0. The predicted octanol–water partition coefficient (Wildman–Crippen LogP) is 4.45. The minimum Gasteiger partial charge on any atom is -0.378 e. The van der Waals surface area contributed by atoms with Crippen LogP contribution >= 0.6 is 11.6 Å². The van der Waals surface area contributed by atoms with Gasteiger partial charge in [-0.15, -0.1) is 0 Å². The number of nitrogens with zero attached hydrogens (tertiary/aromatic N) is 2. The molecular weight excluding hydrogens is 282 g/mol. The third-order valence-corrected chi connectivity index (χ3v) is 3.54. The highest BCUT2D eigenvalue weighted by atomic mass is 35.5. The predicted molar refractivity (Wildman–Crippen MR) is 90.8 cm³/mol. The molecule has 3 aromatic rings. The number of aromatic amines is 1. The molecule has 106 valence electrons. The van der Waals surface area contributed by atoms with Crippen molar-refractivity contribution in [1.82, 2.24) is 9.97 Å². The molecule has 0 saturated heterocycles. The van der Waals surface area contributed by atoms with Gasteiger partial charge in [0.25, 0.3) is 0 Å². The van der Waals surface area contributed by atoms with Crippen molar-refractivity contribution in [2.24, 2.45) is 0 Å². The molecule has 0 amide bonds. The zero-order valence-electron chi connectivity index (χ0n) is 12.0. The Morgan fingerprint density at radius 3 is 2.52 bits per heavy atom. The highest BCUT2D eigenvalue weighted by Crippen LogP contribution is 2.18. The van der Waals surface area contributed by atoms with Crippen LogP contribution in [0.2, 0.25) is 5.02 Å². The molecule has 1 aromatic heterocycles. The molecule has 1 heterocycles. The van der Waals surface area contributed by atoms with Gasteiger partial charge < -0.3 is 9.88 Å². The second kappa shape index (κ2) is 5.62. The molecule has 0 atom stereocenters. The van der Waals surface area contributed by atoms with Crippen LogP contribution in [0.3, 0.4) is 0 Å². The molecule has 3 nitrogen and oxygen atoms in total. The van der Waals surface area contributed by atoms with Gasteiger partial charge in [0.1, 0.15) is 5.82 Å². The van der Waals surface area contributed by atoms with Crippen LogP contribution in [0.25, 0.3) is 23.2 Å². The highest BCUT2D eigenvalue weighted by Gasteiger charge is 2.00. The van der Waals surface area contributed by atoms with Crippen LogP contribution in [-0.4, -0.2) is 24.1 Å². The molecule has 0 fully saturated rings. The topological polar surface area (TPSA) is 31.9 Å². The number of H-pyrrole nitrogens is 1. The number of anilines is 1. The molecule has 0 unspecified atom stereocenters. The van der Waals surface area contributed by atoms with Gasteiger partial charge in [-0.2, -0.15) is 0 Å². The standard InChI is InChI=1S/C17H16ClN3/c1-21(2)14-7-3-12(4-8-14)5-10-17-19-15-9-6-13(18)11-16(15)20-17/h3-11H,1-2H3,(H,19,20)/b10-5+. The Kier molecular flexibility index (Phi) is 3.67. The number of nitrogens with one attached hydrogen (secondary N) is 1. The molecule has 0 saturated carbocycles. The van der Waals surface area contributed by atoms with Crippen LogP contribution in [-0.2, 0) is 0 Å². The lowest BCUT2D eigenvalue weighted by molar-refractivity contribution is 1.13. The van der Waals surface area contributed by atoms with Crippen molar-refractivity contribution in [1.29, 1.82) is 0 Å². The summed E-state index contributed by atoms with van der Waals surface area (Å²) >= 11 is 5.97. The molecule has 0 aliphatic heterocycles. The van der Waals surface area contributed by atoms with Crippen LogP contribution in [0.4, 0.5) is 5.69 Å². The lowest BCUT2D eigenvalue weighted by atomic mass is 10.2. The quantitative estimate of drug-likeness (QED) is 0.774. The lowest BCUT2D eigenvalue weighted by Gasteiger charge is -2.11. The number of rotatable bonds is 3. The number of hydrogen-bond donors (Lipinski definition) is 1. The normalized spacial score (nSPS) is 11.4. The first kappa shape index (κ1) is 13.7. The van der Waals surface area contributed by atoms with Crippen molar-refractivity contribution in [2.45, 2.75) is 0 Å². The van der Waals surface area contributed by atoms with E-state index in [0.717, 1.165) is 22.4 Å². The Hall–Kier alpha value is -2.26. The van der Waals surface area contributed by atoms with E-state index in [0.29, 0.717) is 5.02 Å². The maximum absolute atomic E-state index is 5.97. The summed E-state index contributed by atoms with van der Waals surface area (Å²) in [6, 6.07) is 14.0. The van der Waals surface area contributed by atoms with E-state index in [2.05, 4.69) is 39.1 Å². The summed E-state index contributed by atoms with van der Waals surface area (Å²) in [5.41, 5.74) is 4.19. The summed E-state index contributed by atoms with van der Waals surface area (Å²) in [5.74, 6) is 0.823. The Labute approximate surface area is 128 Å². The third kappa shape index (κ3) is 3.09. The smallest absolute Gasteiger partial charge is 0.131 e. The molecule has 21 heavy (non-hydrogen) atoms. The fourth-order valence-electron chi connectivity index (χ4n) is 2.14. The molecular formula is C17H16ClN3. The molecule has 0 aliphatic rings. The monoisotopic (exact) mass is 297 g/mol. The lowest BCUT2D eigenvalue weighted by Crippen LogP contribution is -2.07. The number of fused-ring (bicyclic) bond motifs is 1. The van der Waals surface area contributed by atoms with Gasteiger partial charge >= 0.3 is 0 Å². The van der Waals surface area contributed by atoms with E-state index >= 15 is 0 Å². The Morgan fingerprint density at radius 1 is 1.05 bits per heavy atom. The Morgan fingerprint density at radius 2 is 1.81 bits per heavy atom. The largest absolute Gasteiger partial charge is 0.378 e. The maximum atomic E-state index is 5.97. The summed E-state index contributed by atoms with van der Waals surface area (Å²) in [4.78, 5) is 9.83. The third-order valence-electron chi connectivity index (χ3n) is 3.31. The zero-order valence-corrected chi connectivity index (χ0v) is 12.7. The summed E-state index contributed by atoms with van der Waals surface area (Å²) in [5, 5.41) is 0.709. The van der Waals surface area contributed by atoms with E-state index < -0.39 is 0 Å². The van der Waals surface area contributed by atoms with E-state index in [-0.39, 0.29) is 0 Å². The second-order valence-corrected chi connectivity index (χ2v) is 5.54. The van der Waals surface area contributed by atoms with Gasteiger partial charge in [0.2, 0.25) is 0 Å². The molecule has 2 aromatic carbocycles. The van der Waals surface area contributed by atoms with Crippen LogP contribution in [0.15, 0.2) is 42.5 Å². The average Bonchev–Trinajstić information content (AvgIpc) is 2.87. The Balaban J connectivity index is 1.83. The number of imidazole rings is 1. The summed E-state index contributed by atoms with van der Waals surface area (Å²) in [6.45, 7) is 0. The highest BCUT2D eigenvalue weighted by molar-refractivity contribution is 6.31. The van der Waals surface area contributed by atoms with Crippen molar-refractivity contribution >= 4 is 40.5 Å². The minimum absolute atomic E-state index is 0.709. The van der Waals surface area contributed by atoms with Crippen molar-refractivity contribution in [3.05, 3.63) is 58.9 Å². The first-order valence-electron chi connectivity index (χ1n) is 6.72. The SMILES string of the molecule is CN(C)c1ccc(/C=C/c2nc3ccc(Cl)cc3[nH]2)cc1. The van der Waals surface area contributed by atoms with Crippen molar-refractivity contribution < 1.29 is 0 Å². The molecule has 1 N–H and O–H groups in total. The number of halogens is 1. The first-order valence-corrected chi connectivity index (χ1v) is 7.10. The van der Waals surface area contributed by atoms with E-state index in [9.17, 15) is 0 Å². The molecule has 0 aliphatic carbocycles. The fraction of sp³-hybridized carbons (Fsp3) is 0.118. The average molecular weight is 298 g/mol. The van der Waals surface area contributed by atoms with E-state index in [1.807, 2.05) is 44.4 Å². The second-order valence-electron chi connectivity index (χ2n) is 5.10. The van der Waals surface area contributed by atoms with E-state index in [1.54, 1.807) is 0 Å². The van der Waals surface area contributed by atoms with Crippen molar-refractivity contribution in [3.63, 3.8) is 0 Å². The van der Waals surface area contributed by atoms with E-state index in [4.69, 9.17) is 11.6 Å². The van der Waals surface area contributed by atoms with Crippen LogP contribution in [0.5, 0.6) is 0 Å². The molecule has 4 heteroatoms. The zero-order chi connectivity index (χ0) is 14.8. The van der Waals surface area contributed by atoms with Crippen molar-refractivity contribution in [2.75, 3.05) is 19.0 Å². The maximum Gasteiger partial charge on any atom is 0.131 e. The van der Waals surface area contributed by atoms with Crippen LogP contribution in [0.1, 0.15) is 11.4 Å². The van der Waals surface area contributed by atoms with Gasteiger partial charge in [-0.1, -0.05) is 29.8 Å². The molecule has 3 rings (SSSR count).